The van der Waals surface area contributed by atoms with Crippen LogP contribution in [0.1, 0.15) is 32.6 Å². The molecule has 0 aliphatic carbocycles. The van der Waals surface area contributed by atoms with Gasteiger partial charge in [0.2, 0.25) is 15.9 Å². The number of anilines is 1. The van der Waals surface area contributed by atoms with Crippen molar-refractivity contribution in [3.63, 3.8) is 0 Å². The molecule has 1 aliphatic rings. The number of para-hydroxylation sites is 1. The fraction of sp³-hybridized carbons (Fsp3) is 0.562. The van der Waals surface area contributed by atoms with Crippen LogP contribution >= 0.6 is 0 Å². The Morgan fingerprint density at radius 3 is 2.39 bits per heavy atom. The van der Waals surface area contributed by atoms with Gasteiger partial charge in [0.15, 0.2) is 0 Å². The molecule has 0 radical (unpaired) electrons. The van der Waals surface area contributed by atoms with Crippen molar-refractivity contribution in [1.29, 1.82) is 0 Å². The summed E-state index contributed by atoms with van der Waals surface area (Å²) in [5.74, 6) is -0.899. The van der Waals surface area contributed by atoms with E-state index in [1.54, 1.807) is 17.9 Å². The van der Waals surface area contributed by atoms with Gasteiger partial charge in [-0.1, -0.05) is 19.1 Å². The maximum absolute atomic E-state index is 14.1. The van der Waals surface area contributed by atoms with Gasteiger partial charge in [-0.2, -0.15) is 0 Å². The molecule has 7 heteroatoms. The second-order valence-electron chi connectivity index (χ2n) is 5.82. The molecule has 1 aliphatic heterocycles. The quantitative estimate of drug-likeness (QED) is 0.825. The summed E-state index contributed by atoms with van der Waals surface area (Å²) >= 11 is 0. The molecule has 128 valence electrons. The standard InChI is InChI=1S/C16H23FN2O3S/c1-3-14(16(20)18-11-7-4-8-12-18)19(23(2,21)22)15-10-6-5-9-13(15)17/h5-6,9-10,14H,3-4,7-8,11-12H2,1-2H3/t14-/m1/s1. The zero-order valence-corrected chi connectivity index (χ0v) is 14.4. The van der Waals surface area contributed by atoms with Crippen molar-refractivity contribution >= 4 is 21.6 Å². The minimum absolute atomic E-state index is 0.0767. The highest BCUT2D eigenvalue weighted by molar-refractivity contribution is 7.92. The third-order valence-corrected chi connectivity index (χ3v) is 5.24. The van der Waals surface area contributed by atoms with E-state index in [0.717, 1.165) is 29.8 Å². The first kappa shape index (κ1) is 17.7. The molecule has 1 aromatic rings. The SMILES string of the molecule is CC[C@H](C(=O)N1CCCCC1)N(c1ccccc1F)S(C)(=O)=O. The summed E-state index contributed by atoms with van der Waals surface area (Å²) in [6, 6.07) is 4.73. The van der Waals surface area contributed by atoms with Gasteiger partial charge in [0.1, 0.15) is 11.9 Å². The van der Waals surface area contributed by atoms with E-state index in [1.807, 2.05) is 0 Å². The van der Waals surface area contributed by atoms with E-state index in [9.17, 15) is 17.6 Å². The van der Waals surface area contributed by atoms with Crippen molar-refractivity contribution in [2.45, 2.75) is 38.6 Å². The smallest absolute Gasteiger partial charge is 0.246 e. The molecular weight excluding hydrogens is 319 g/mol. The van der Waals surface area contributed by atoms with Crippen LogP contribution in [0.25, 0.3) is 0 Å². The molecule has 0 saturated carbocycles. The number of nitrogens with zero attached hydrogens (tertiary/aromatic N) is 2. The molecule has 5 nitrogen and oxygen atoms in total. The first-order valence-corrected chi connectivity index (χ1v) is 9.73. The number of piperidine rings is 1. The van der Waals surface area contributed by atoms with Crippen LogP contribution in [0.4, 0.5) is 10.1 Å². The Balaban J connectivity index is 2.40. The number of benzene rings is 1. The number of sulfonamides is 1. The second kappa shape index (κ2) is 7.29. The van der Waals surface area contributed by atoms with E-state index in [4.69, 9.17) is 0 Å². The van der Waals surface area contributed by atoms with Crippen molar-refractivity contribution in [3.05, 3.63) is 30.1 Å². The van der Waals surface area contributed by atoms with Crippen LogP contribution in [-0.2, 0) is 14.8 Å². The van der Waals surface area contributed by atoms with Gasteiger partial charge < -0.3 is 4.90 Å². The summed E-state index contributed by atoms with van der Waals surface area (Å²) in [5, 5.41) is 0. The number of hydrogen-bond donors (Lipinski definition) is 0. The molecule has 1 amide bonds. The predicted octanol–water partition coefficient (Wildman–Crippen LogP) is 2.38. The van der Waals surface area contributed by atoms with Crippen molar-refractivity contribution in [3.8, 4) is 0 Å². The maximum atomic E-state index is 14.1. The van der Waals surface area contributed by atoms with E-state index in [-0.39, 0.29) is 18.0 Å². The van der Waals surface area contributed by atoms with E-state index in [1.165, 1.54) is 18.2 Å². The number of amides is 1. The highest BCUT2D eigenvalue weighted by atomic mass is 32.2. The predicted molar refractivity (Wildman–Crippen MR) is 88.2 cm³/mol. The molecule has 1 atom stereocenters. The highest BCUT2D eigenvalue weighted by Gasteiger charge is 2.35. The van der Waals surface area contributed by atoms with Crippen LogP contribution in [0.2, 0.25) is 0 Å². The first-order chi connectivity index (χ1) is 10.9. The maximum Gasteiger partial charge on any atom is 0.246 e. The third-order valence-electron chi connectivity index (χ3n) is 4.07. The summed E-state index contributed by atoms with van der Waals surface area (Å²) in [6.45, 7) is 3.00. The Morgan fingerprint density at radius 1 is 1.26 bits per heavy atom. The number of halogens is 1. The summed E-state index contributed by atoms with van der Waals surface area (Å²) in [4.78, 5) is 14.5. The zero-order chi connectivity index (χ0) is 17.0. The van der Waals surface area contributed by atoms with E-state index in [0.29, 0.717) is 13.1 Å². The summed E-state index contributed by atoms with van der Waals surface area (Å²) < 4.78 is 39.6. The molecule has 0 bridgehead atoms. The van der Waals surface area contributed by atoms with Gasteiger partial charge >= 0.3 is 0 Å². The van der Waals surface area contributed by atoms with Gasteiger partial charge in [-0.3, -0.25) is 9.10 Å². The van der Waals surface area contributed by atoms with Crippen molar-refractivity contribution in [1.82, 2.24) is 4.90 Å². The summed E-state index contributed by atoms with van der Waals surface area (Å²) in [6.07, 6.45) is 4.20. The number of rotatable bonds is 5. The largest absolute Gasteiger partial charge is 0.341 e. The van der Waals surface area contributed by atoms with Crippen LogP contribution in [-0.4, -0.2) is 44.6 Å². The lowest BCUT2D eigenvalue weighted by atomic mass is 10.1. The molecule has 1 saturated heterocycles. The molecule has 23 heavy (non-hydrogen) atoms. The average Bonchev–Trinajstić information content (AvgIpc) is 2.52. The van der Waals surface area contributed by atoms with E-state index < -0.39 is 21.9 Å². The molecule has 0 N–H and O–H groups in total. The topological polar surface area (TPSA) is 57.7 Å². The Hall–Kier alpha value is -1.63. The molecule has 0 aromatic heterocycles. The summed E-state index contributed by atoms with van der Waals surface area (Å²) in [5.41, 5.74) is -0.0767. The van der Waals surface area contributed by atoms with Crippen molar-refractivity contribution in [2.24, 2.45) is 0 Å². The average molecular weight is 342 g/mol. The fourth-order valence-corrected chi connectivity index (χ4v) is 4.18. The lowest BCUT2D eigenvalue weighted by molar-refractivity contribution is -0.133. The Labute approximate surface area is 137 Å². The van der Waals surface area contributed by atoms with Crippen LogP contribution in [0.15, 0.2) is 24.3 Å². The van der Waals surface area contributed by atoms with Crippen LogP contribution in [0.3, 0.4) is 0 Å². The van der Waals surface area contributed by atoms with Crippen LogP contribution in [0, 0.1) is 5.82 Å². The second-order valence-corrected chi connectivity index (χ2v) is 7.68. The van der Waals surface area contributed by atoms with E-state index >= 15 is 0 Å². The monoisotopic (exact) mass is 342 g/mol. The molecule has 0 spiro atoms. The number of hydrogen-bond acceptors (Lipinski definition) is 3. The number of carbonyl (C=O) groups excluding carboxylic acids is 1. The first-order valence-electron chi connectivity index (χ1n) is 7.89. The fourth-order valence-electron chi connectivity index (χ4n) is 2.97. The Bertz CT molecular complexity index is 657. The van der Waals surface area contributed by atoms with Crippen LogP contribution in [0.5, 0.6) is 0 Å². The van der Waals surface area contributed by atoms with Gasteiger partial charge in [-0.05, 0) is 37.8 Å². The minimum Gasteiger partial charge on any atom is -0.341 e. The van der Waals surface area contributed by atoms with Crippen molar-refractivity contribution < 1.29 is 17.6 Å². The number of carbonyl (C=O) groups is 1. The van der Waals surface area contributed by atoms with Crippen molar-refractivity contribution in [2.75, 3.05) is 23.7 Å². The lowest BCUT2D eigenvalue weighted by Gasteiger charge is -2.35. The molecular formula is C16H23FN2O3S. The van der Waals surface area contributed by atoms with E-state index in [2.05, 4.69) is 0 Å². The highest BCUT2D eigenvalue weighted by Crippen LogP contribution is 2.26. The zero-order valence-electron chi connectivity index (χ0n) is 13.5. The molecule has 1 heterocycles. The molecule has 1 fully saturated rings. The Kier molecular flexibility index (Phi) is 5.62. The third kappa shape index (κ3) is 4.02. The minimum atomic E-state index is -3.79. The number of likely N-dealkylation sites (tertiary alicyclic amines) is 1. The summed E-state index contributed by atoms with van der Waals surface area (Å²) in [7, 11) is -3.79. The molecule has 2 rings (SSSR count). The van der Waals surface area contributed by atoms with Gasteiger partial charge in [0, 0.05) is 13.1 Å². The van der Waals surface area contributed by atoms with Gasteiger partial charge in [0.05, 0.1) is 11.9 Å². The Morgan fingerprint density at radius 2 is 1.87 bits per heavy atom. The van der Waals surface area contributed by atoms with Gasteiger partial charge in [0.25, 0.3) is 0 Å². The molecule has 1 aromatic carbocycles. The van der Waals surface area contributed by atoms with Crippen LogP contribution < -0.4 is 4.31 Å². The van der Waals surface area contributed by atoms with Gasteiger partial charge in [-0.25, -0.2) is 12.8 Å². The van der Waals surface area contributed by atoms with Gasteiger partial charge in [-0.15, -0.1) is 0 Å². The normalized spacial score (nSPS) is 16.9. The lowest BCUT2D eigenvalue weighted by Crippen LogP contribution is -2.52. The molecule has 0 unspecified atom stereocenters.